The first kappa shape index (κ1) is 13.3. The Morgan fingerprint density at radius 3 is 1.55 bits per heavy atom. The Morgan fingerprint density at radius 2 is 1.00 bits per heavy atom. The summed E-state index contributed by atoms with van der Waals surface area (Å²) >= 11 is 0. The molecule has 0 N–H and O–H groups in total. The van der Waals surface area contributed by atoms with Crippen LogP contribution in [-0.4, -0.2) is 0 Å². The Bertz CT molecular complexity index is 856. The summed E-state index contributed by atoms with van der Waals surface area (Å²) < 4.78 is 14.3. The van der Waals surface area contributed by atoms with Crippen molar-refractivity contribution in [3.05, 3.63) is 90.0 Å². The minimum Gasteiger partial charge on any atom is -0.309 e. The topological polar surface area (TPSA) is 17.1 Å². The summed E-state index contributed by atoms with van der Waals surface area (Å²) in [5.41, 5.74) is 2.07. The summed E-state index contributed by atoms with van der Waals surface area (Å²) in [5, 5.41) is 2.73. The van der Waals surface area contributed by atoms with Gasteiger partial charge in [-0.25, -0.2) is 0 Å². The molecule has 0 atom stereocenters. The van der Waals surface area contributed by atoms with E-state index < -0.39 is 7.14 Å². The standard InChI is InChI=1S/C20H15OP/c21-22(18-10-2-1-3-11-18)19-12-6-4-8-16(19)14-15-17-9-5-7-13-20(17)22/h1-15H. The van der Waals surface area contributed by atoms with Gasteiger partial charge in [0.2, 0.25) is 0 Å². The second-order valence-electron chi connectivity index (χ2n) is 5.40. The Kier molecular flexibility index (Phi) is 3.10. The molecule has 0 aromatic heterocycles. The van der Waals surface area contributed by atoms with Gasteiger partial charge in [-0.15, -0.1) is 0 Å². The van der Waals surface area contributed by atoms with E-state index in [2.05, 4.69) is 12.2 Å². The van der Waals surface area contributed by atoms with Gasteiger partial charge in [-0.2, -0.15) is 0 Å². The summed E-state index contributed by atoms with van der Waals surface area (Å²) in [6, 6.07) is 25.8. The van der Waals surface area contributed by atoms with Crippen LogP contribution in [0.2, 0.25) is 0 Å². The Labute approximate surface area is 130 Å². The fourth-order valence-electron chi connectivity index (χ4n) is 3.06. The Hall–Kier alpha value is -2.37. The molecule has 0 saturated heterocycles. The summed E-state index contributed by atoms with van der Waals surface area (Å²) in [7, 11) is -2.85. The van der Waals surface area contributed by atoms with E-state index in [-0.39, 0.29) is 0 Å². The average Bonchev–Trinajstić information content (AvgIpc) is 2.73. The van der Waals surface area contributed by atoms with Gasteiger partial charge in [0, 0.05) is 15.9 Å². The quantitative estimate of drug-likeness (QED) is 0.489. The summed E-state index contributed by atoms with van der Waals surface area (Å²) in [6.07, 6.45) is 4.13. The van der Waals surface area contributed by atoms with Crippen LogP contribution < -0.4 is 15.9 Å². The molecule has 1 nitrogen and oxygen atoms in total. The van der Waals surface area contributed by atoms with Crippen molar-refractivity contribution in [1.82, 2.24) is 0 Å². The fraction of sp³-hybridized carbons (Fsp3) is 0. The molecule has 0 radical (unpaired) electrons. The zero-order chi connectivity index (χ0) is 15.0. The summed E-state index contributed by atoms with van der Waals surface area (Å²) in [4.78, 5) is 0. The molecule has 1 heterocycles. The molecule has 0 aliphatic carbocycles. The maximum atomic E-state index is 14.3. The molecule has 0 spiro atoms. The van der Waals surface area contributed by atoms with Crippen molar-refractivity contribution >= 4 is 35.2 Å². The molecule has 0 unspecified atom stereocenters. The van der Waals surface area contributed by atoms with Crippen molar-refractivity contribution in [2.45, 2.75) is 0 Å². The van der Waals surface area contributed by atoms with E-state index in [1.54, 1.807) is 0 Å². The summed E-state index contributed by atoms with van der Waals surface area (Å²) in [5.74, 6) is 0. The van der Waals surface area contributed by atoms with E-state index in [0.717, 1.165) is 27.0 Å². The monoisotopic (exact) mass is 302 g/mol. The van der Waals surface area contributed by atoms with Gasteiger partial charge >= 0.3 is 0 Å². The molecule has 0 fully saturated rings. The summed E-state index contributed by atoms with van der Waals surface area (Å²) in [6.45, 7) is 0. The van der Waals surface area contributed by atoms with E-state index in [1.807, 2.05) is 78.9 Å². The van der Waals surface area contributed by atoms with E-state index in [0.29, 0.717) is 0 Å². The van der Waals surface area contributed by atoms with Crippen molar-refractivity contribution < 1.29 is 4.57 Å². The minimum atomic E-state index is -2.85. The maximum Gasteiger partial charge on any atom is 0.172 e. The highest BCUT2D eigenvalue weighted by Gasteiger charge is 2.33. The lowest BCUT2D eigenvalue weighted by Crippen LogP contribution is -2.27. The van der Waals surface area contributed by atoms with Crippen LogP contribution >= 0.6 is 7.14 Å². The van der Waals surface area contributed by atoms with Crippen LogP contribution in [0.5, 0.6) is 0 Å². The Morgan fingerprint density at radius 1 is 0.545 bits per heavy atom. The highest BCUT2D eigenvalue weighted by molar-refractivity contribution is 7.85. The van der Waals surface area contributed by atoms with Crippen LogP contribution in [0.25, 0.3) is 12.2 Å². The molecule has 0 amide bonds. The average molecular weight is 302 g/mol. The van der Waals surface area contributed by atoms with Gasteiger partial charge in [0.05, 0.1) is 0 Å². The van der Waals surface area contributed by atoms with Gasteiger partial charge in [0.15, 0.2) is 7.14 Å². The third-order valence-electron chi connectivity index (χ3n) is 4.11. The number of rotatable bonds is 1. The van der Waals surface area contributed by atoms with Crippen molar-refractivity contribution in [2.75, 3.05) is 0 Å². The van der Waals surface area contributed by atoms with E-state index in [1.165, 1.54) is 0 Å². The molecule has 0 bridgehead atoms. The molecule has 22 heavy (non-hydrogen) atoms. The zero-order valence-electron chi connectivity index (χ0n) is 12.0. The van der Waals surface area contributed by atoms with Crippen molar-refractivity contribution in [3.63, 3.8) is 0 Å². The molecule has 4 rings (SSSR count). The number of hydrogen-bond donors (Lipinski definition) is 0. The SMILES string of the molecule is O=P1(c2ccccc2)c2ccccc2C=Cc2ccccc21. The normalized spacial score (nSPS) is 14.7. The van der Waals surface area contributed by atoms with E-state index in [9.17, 15) is 4.57 Å². The second-order valence-corrected chi connectivity index (χ2v) is 8.09. The first-order valence-corrected chi connectivity index (χ1v) is 9.04. The lowest BCUT2D eigenvalue weighted by molar-refractivity contribution is 0.592. The number of hydrogen-bond acceptors (Lipinski definition) is 1. The maximum absolute atomic E-state index is 14.3. The largest absolute Gasteiger partial charge is 0.309 e. The lowest BCUT2D eigenvalue weighted by atomic mass is 10.1. The van der Waals surface area contributed by atoms with Crippen molar-refractivity contribution in [1.29, 1.82) is 0 Å². The molecule has 3 aromatic carbocycles. The fourth-order valence-corrected chi connectivity index (χ4v) is 6.08. The molecular formula is C20H15OP. The van der Waals surface area contributed by atoms with Crippen LogP contribution in [0.3, 0.4) is 0 Å². The van der Waals surface area contributed by atoms with Crippen LogP contribution in [0.15, 0.2) is 78.9 Å². The molecule has 0 saturated carbocycles. The van der Waals surface area contributed by atoms with Gasteiger partial charge in [-0.3, -0.25) is 0 Å². The van der Waals surface area contributed by atoms with Gasteiger partial charge in [-0.1, -0.05) is 91.0 Å². The van der Waals surface area contributed by atoms with Crippen LogP contribution in [-0.2, 0) is 4.57 Å². The molecule has 3 aromatic rings. The van der Waals surface area contributed by atoms with Gasteiger partial charge < -0.3 is 4.57 Å². The third kappa shape index (κ3) is 1.90. The van der Waals surface area contributed by atoms with Crippen molar-refractivity contribution in [2.24, 2.45) is 0 Å². The number of benzene rings is 3. The second kappa shape index (κ2) is 5.12. The van der Waals surface area contributed by atoms with Crippen LogP contribution in [0.4, 0.5) is 0 Å². The predicted octanol–water partition coefficient (Wildman–Crippen LogP) is 3.81. The predicted molar refractivity (Wildman–Crippen MR) is 94.8 cm³/mol. The smallest absolute Gasteiger partial charge is 0.172 e. The van der Waals surface area contributed by atoms with E-state index >= 15 is 0 Å². The molecule has 2 heteroatoms. The van der Waals surface area contributed by atoms with Gasteiger partial charge in [0.1, 0.15) is 0 Å². The highest BCUT2D eigenvalue weighted by atomic mass is 31.2. The van der Waals surface area contributed by atoms with Crippen molar-refractivity contribution in [3.8, 4) is 0 Å². The molecule has 1 aliphatic heterocycles. The highest BCUT2D eigenvalue weighted by Crippen LogP contribution is 2.45. The zero-order valence-corrected chi connectivity index (χ0v) is 12.9. The van der Waals surface area contributed by atoms with Gasteiger partial charge in [-0.05, 0) is 11.1 Å². The minimum absolute atomic E-state index is 0.888. The Balaban J connectivity index is 2.13. The molecular weight excluding hydrogens is 287 g/mol. The third-order valence-corrected chi connectivity index (χ3v) is 7.31. The first-order valence-electron chi connectivity index (χ1n) is 7.33. The van der Waals surface area contributed by atoms with Crippen LogP contribution in [0, 0.1) is 0 Å². The van der Waals surface area contributed by atoms with Gasteiger partial charge in [0.25, 0.3) is 0 Å². The molecule has 1 aliphatic rings. The van der Waals surface area contributed by atoms with E-state index in [4.69, 9.17) is 0 Å². The molecule has 106 valence electrons. The van der Waals surface area contributed by atoms with Crippen LogP contribution in [0.1, 0.15) is 11.1 Å². The number of fused-ring (bicyclic) bond motifs is 2. The lowest BCUT2D eigenvalue weighted by Gasteiger charge is -2.21. The first-order chi connectivity index (χ1) is 10.8.